The maximum absolute atomic E-state index is 3.78. The molecule has 0 fully saturated rings. The lowest BCUT2D eigenvalue weighted by atomic mass is 9.89. The van der Waals surface area contributed by atoms with Crippen LogP contribution in [0.3, 0.4) is 0 Å². The molecule has 11 aromatic rings. The number of nitrogens with one attached hydrogen (secondary N) is 2. The second-order valence-corrected chi connectivity index (χ2v) is 15.9. The number of anilines is 4. The molecule has 0 saturated heterocycles. The molecule has 62 heavy (non-hydrogen) atoms. The first-order valence-electron chi connectivity index (χ1n) is 21.2. The first kappa shape index (κ1) is 36.8. The second-order valence-electron chi connectivity index (χ2n) is 15.9. The van der Waals surface area contributed by atoms with Crippen LogP contribution in [0.2, 0.25) is 0 Å². The van der Waals surface area contributed by atoms with Gasteiger partial charge < -0.3 is 10.6 Å². The summed E-state index contributed by atoms with van der Waals surface area (Å²) in [6, 6.07) is 82.4. The molecular formula is C60H42N2. The van der Waals surface area contributed by atoms with Gasteiger partial charge in [0.2, 0.25) is 0 Å². The molecule has 2 heteroatoms. The van der Waals surface area contributed by atoms with Gasteiger partial charge in [0.05, 0.1) is 0 Å². The van der Waals surface area contributed by atoms with Crippen molar-refractivity contribution in [3.05, 3.63) is 264 Å². The summed E-state index contributed by atoms with van der Waals surface area (Å²) in [5.74, 6) is 0. The first-order valence-corrected chi connectivity index (χ1v) is 21.2. The monoisotopic (exact) mass is 790 g/mol. The molecule has 0 heterocycles. The van der Waals surface area contributed by atoms with Crippen LogP contribution in [0.4, 0.5) is 22.7 Å². The lowest BCUT2D eigenvalue weighted by Crippen LogP contribution is -1.95. The van der Waals surface area contributed by atoms with Gasteiger partial charge in [-0.2, -0.15) is 0 Å². The van der Waals surface area contributed by atoms with Crippen LogP contribution in [0.15, 0.2) is 231 Å². The average Bonchev–Trinajstić information content (AvgIpc) is 3.34. The normalized spacial score (nSPS) is 11.2. The molecule has 0 aliphatic rings. The molecule has 11 rings (SSSR count). The molecule has 0 spiro atoms. The van der Waals surface area contributed by atoms with E-state index >= 15 is 0 Å². The Morgan fingerprint density at radius 3 is 0.903 bits per heavy atom. The highest BCUT2D eigenvalue weighted by atomic mass is 14.9. The van der Waals surface area contributed by atoms with E-state index in [0.717, 1.165) is 33.9 Å². The van der Waals surface area contributed by atoms with E-state index in [1.54, 1.807) is 0 Å². The van der Waals surface area contributed by atoms with Crippen LogP contribution in [0, 0.1) is 0 Å². The van der Waals surface area contributed by atoms with E-state index in [9.17, 15) is 0 Å². The van der Waals surface area contributed by atoms with Crippen molar-refractivity contribution in [1.82, 2.24) is 0 Å². The number of fused-ring (bicyclic) bond motifs is 2. The van der Waals surface area contributed by atoms with E-state index in [-0.39, 0.29) is 0 Å². The molecule has 0 aromatic heterocycles. The fourth-order valence-electron chi connectivity index (χ4n) is 9.04. The summed E-state index contributed by atoms with van der Waals surface area (Å²) in [4.78, 5) is 0. The van der Waals surface area contributed by atoms with Gasteiger partial charge >= 0.3 is 0 Å². The van der Waals surface area contributed by atoms with Crippen LogP contribution >= 0.6 is 0 Å². The molecule has 0 bridgehead atoms. The number of rotatable bonds is 10. The van der Waals surface area contributed by atoms with Crippen molar-refractivity contribution in [3.63, 3.8) is 0 Å². The van der Waals surface area contributed by atoms with Crippen molar-refractivity contribution in [2.75, 3.05) is 10.6 Å². The minimum atomic E-state index is 1.05. The topological polar surface area (TPSA) is 24.1 Å². The summed E-state index contributed by atoms with van der Waals surface area (Å²) < 4.78 is 0. The van der Waals surface area contributed by atoms with E-state index in [1.165, 1.54) is 76.5 Å². The lowest BCUT2D eigenvalue weighted by molar-refractivity contribution is 1.54. The van der Waals surface area contributed by atoms with Gasteiger partial charge in [-0.1, -0.05) is 194 Å². The van der Waals surface area contributed by atoms with Crippen LogP contribution in [-0.4, -0.2) is 0 Å². The summed E-state index contributed by atoms with van der Waals surface area (Å²) in [5.41, 5.74) is 13.8. The lowest BCUT2D eigenvalue weighted by Gasteiger charge is -2.19. The molecule has 0 unspecified atom stereocenters. The minimum absolute atomic E-state index is 1.05. The third kappa shape index (κ3) is 7.04. The van der Waals surface area contributed by atoms with Gasteiger partial charge in [-0.3, -0.25) is 0 Å². The molecule has 0 aliphatic carbocycles. The van der Waals surface area contributed by atoms with Gasteiger partial charge in [-0.25, -0.2) is 0 Å². The van der Waals surface area contributed by atoms with Crippen LogP contribution in [0.1, 0.15) is 33.4 Å². The quantitative estimate of drug-likeness (QED) is 0.0819. The van der Waals surface area contributed by atoms with Gasteiger partial charge in [0, 0.05) is 33.5 Å². The molecule has 2 nitrogen and oxygen atoms in total. The van der Waals surface area contributed by atoms with Crippen LogP contribution in [0.25, 0.3) is 66.4 Å². The molecule has 0 saturated carbocycles. The summed E-state index contributed by atoms with van der Waals surface area (Å²) in [7, 11) is 0. The number of hydrogen-bond donors (Lipinski definition) is 2. The van der Waals surface area contributed by atoms with E-state index in [1.807, 2.05) is 0 Å². The van der Waals surface area contributed by atoms with E-state index < -0.39 is 0 Å². The molecular weight excluding hydrogens is 749 g/mol. The van der Waals surface area contributed by atoms with Crippen molar-refractivity contribution >= 4 is 89.1 Å². The van der Waals surface area contributed by atoms with Crippen molar-refractivity contribution in [3.8, 4) is 0 Å². The number of hydrogen-bond acceptors (Lipinski definition) is 2. The molecule has 0 amide bonds. The minimum Gasteiger partial charge on any atom is -0.355 e. The van der Waals surface area contributed by atoms with Crippen molar-refractivity contribution < 1.29 is 0 Å². The summed E-state index contributed by atoms with van der Waals surface area (Å²) in [6.45, 7) is 0. The Hall–Kier alpha value is -8.20. The van der Waals surface area contributed by atoms with Gasteiger partial charge in [0.1, 0.15) is 0 Å². The fourth-order valence-corrected chi connectivity index (χ4v) is 9.04. The van der Waals surface area contributed by atoms with Gasteiger partial charge in [0.25, 0.3) is 0 Å². The van der Waals surface area contributed by atoms with Crippen LogP contribution in [0.5, 0.6) is 0 Å². The maximum atomic E-state index is 3.78. The van der Waals surface area contributed by atoms with E-state index in [0.29, 0.717) is 0 Å². The van der Waals surface area contributed by atoms with Crippen molar-refractivity contribution in [2.24, 2.45) is 0 Å². The SMILES string of the molecule is C(=C(c1ccccc1)c1ccccc1)c1ccc(Nc2ccc3c4cccc5c(Nc6ccc(C=C(c7ccccc7)c7ccccc7)cc6)ccc(c6cccc2c63)c54)cc1. The summed E-state index contributed by atoms with van der Waals surface area (Å²) in [6.07, 6.45) is 4.55. The Labute approximate surface area is 362 Å². The largest absolute Gasteiger partial charge is 0.355 e. The van der Waals surface area contributed by atoms with Gasteiger partial charge in [0.15, 0.2) is 0 Å². The maximum Gasteiger partial charge on any atom is 0.0464 e. The van der Waals surface area contributed by atoms with Crippen LogP contribution < -0.4 is 10.6 Å². The van der Waals surface area contributed by atoms with Gasteiger partial charge in [-0.15, -0.1) is 0 Å². The Bertz CT molecular complexity index is 3050. The fraction of sp³-hybridized carbons (Fsp3) is 0. The zero-order chi connectivity index (χ0) is 41.2. The van der Waals surface area contributed by atoms with E-state index in [4.69, 9.17) is 0 Å². The second kappa shape index (κ2) is 16.1. The Morgan fingerprint density at radius 1 is 0.258 bits per heavy atom. The molecule has 292 valence electrons. The summed E-state index contributed by atoms with van der Waals surface area (Å²) in [5, 5.41) is 17.6. The first-order chi connectivity index (χ1) is 30.7. The third-order valence-corrected chi connectivity index (χ3v) is 12.0. The van der Waals surface area contributed by atoms with Gasteiger partial charge in [-0.05, 0) is 125 Å². The molecule has 11 aromatic carbocycles. The zero-order valence-electron chi connectivity index (χ0n) is 34.1. The van der Waals surface area contributed by atoms with Crippen LogP contribution in [-0.2, 0) is 0 Å². The number of benzene rings is 11. The predicted molar refractivity (Wildman–Crippen MR) is 267 cm³/mol. The predicted octanol–water partition coefficient (Wildman–Crippen LogP) is 16.4. The van der Waals surface area contributed by atoms with Crippen molar-refractivity contribution in [1.29, 1.82) is 0 Å². The Morgan fingerprint density at radius 2 is 0.565 bits per heavy atom. The van der Waals surface area contributed by atoms with E-state index in [2.05, 4.69) is 253 Å². The third-order valence-electron chi connectivity index (χ3n) is 12.0. The molecule has 0 radical (unpaired) electrons. The molecule has 2 N–H and O–H groups in total. The summed E-state index contributed by atoms with van der Waals surface area (Å²) >= 11 is 0. The highest BCUT2D eigenvalue weighted by Crippen LogP contribution is 2.44. The molecule has 0 aliphatic heterocycles. The Balaban J connectivity index is 0.903. The Kier molecular flexibility index (Phi) is 9.57. The smallest absolute Gasteiger partial charge is 0.0464 e. The average molecular weight is 791 g/mol. The standard InChI is InChI=1S/C60H42N2/c1-5-15-43(16-6-1)55(44-17-7-2-8-18-44)39-41-27-31-47(32-28-41)61-57-37-35-51-50-24-14-26-54-58(38-36-52(60(50)54)49-23-13-25-53(57)59(49)51)62-48-33-29-42(30-34-48)40-56(45-19-9-3-10-20-45)46-21-11-4-12-22-46/h1-40,61-62H. The highest BCUT2D eigenvalue weighted by Gasteiger charge is 2.17. The van der Waals surface area contributed by atoms with Crippen molar-refractivity contribution in [2.45, 2.75) is 0 Å². The zero-order valence-corrected chi connectivity index (χ0v) is 34.1. The molecule has 0 atom stereocenters. The highest BCUT2D eigenvalue weighted by molar-refractivity contribution is 6.35.